The highest BCUT2D eigenvalue weighted by atomic mass is 32.1. The Balaban J connectivity index is 1.97. The Kier molecular flexibility index (Phi) is 3.19. The molecule has 0 atom stereocenters. The highest BCUT2D eigenvalue weighted by Crippen LogP contribution is 2.26. The fourth-order valence-electron chi connectivity index (χ4n) is 2.15. The van der Waals surface area contributed by atoms with Gasteiger partial charge in [0, 0.05) is 11.6 Å². The molecule has 106 valence electrons. The van der Waals surface area contributed by atoms with Gasteiger partial charge in [0.05, 0.1) is 16.8 Å². The van der Waals surface area contributed by atoms with Gasteiger partial charge in [-0.1, -0.05) is 12.1 Å². The number of carbonyl (C=O) groups excluding carboxylic acids is 1. The van der Waals surface area contributed by atoms with Crippen molar-refractivity contribution in [2.75, 3.05) is 5.32 Å². The summed E-state index contributed by atoms with van der Waals surface area (Å²) in [7, 11) is 0. The highest BCUT2D eigenvalue weighted by molar-refractivity contribution is 7.11. The number of benzene rings is 1. The number of aromatic nitrogens is 2. The zero-order chi connectivity index (χ0) is 15.0. The van der Waals surface area contributed by atoms with Crippen molar-refractivity contribution in [1.29, 1.82) is 0 Å². The minimum Gasteiger partial charge on any atom is -0.478 e. The molecule has 21 heavy (non-hydrogen) atoms. The summed E-state index contributed by atoms with van der Waals surface area (Å²) >= 11 is 0.962. The van der Waals surface area contributed by atoms with E-state index >= 15 is 0 Å². The Morgan fingerprint density at radius 3 is 2.90 bits per heavy atom. The number of H-pyrrole nitrogens is 1. The summed E-state index contributed by atoms with van der Waals surface area (Å²) < 4.78 is 3.98. The fourth-order valence-corrected chi connectivity index (χ4v) is 2.94. The minimum atomic E-state index is -1.10. The molecule has 3 N–H and O–H groups in total. The highest BCUT2D eigenvalue weighted by Gasteiger charge is 2.20. The van der Waals surface area contributed by atoms with E-state index in [1.165, 1.54) is 0 Å². The quantitative estimate of drug-likeness (QED) is 0.693. The van der Waals surface area contributed by atoms with Crippen LogP contribution in [0.1, 0.15) is 26.4 Å². The second-order valence-electron chi connectivity index (χ2n) is 4.48. The van der Waals surface area contributed by atoms with E-state index in [1.54, 1.807) is 25.3 Å². The largest absolute Gasteiger partial charge is 0.478 e. The molecule has 2 heterocycles. The number of aromatic carboxylic acids is 1. The van der Waals surface area contributed by atoms with Crippen molar-refractivity contribution in [3.05, 3.63) is 47.3 Å². The maximum absolute atomic E-state index is 12.4. The number of carboxylic acids is 1. The van der Waals surface area contributed by atoms with Crippen molar-refractivity contribution in [1.82, 2.24) is 9.36 Å². The van der Waals surface area contributed by atoms with Crippen LogP contribution in [0.2, 0.25) is 0 Å². The van der Waals surface area contributed by atoms with Gasteiger partial charge < -0.3 is 15.4 Å². The number of nitrogens with one attached hydrogen (secondary N) is 2. The molecule has 0 saturated heterocycles. The number of anilines is 1. The fraction of sp³-hybridized carbons (Fsp3) is 0.0714. The van der Waals surface area contributed by atoms with Crippen LogP contribution in [0.3, 0.4) is 0 Å². The van der Waals surface area contributed by atoms with Gasteiger partial charge in [-0.2, -0.15) is 4.37 Å². The van der Waals surface area contributed by atoms with Crippen LogP contribution < -0.4 is 5.32 Å². The van der Waals surface area contributed by atoms with Crippen molar-refractivity contribution < 1.29 is 14.7 Å². The molecule has 3 aromatic rings. The van der Waals surface area contributed by atoms with Gasteiger partial charge in [-0.25, -0.2) is 4.79 Å². The van der Waals surface area contributed by atoms with Gasteiger partial charge in [-0.15, -0.1) is 0 Å². The summed E-state index contributed by atoms with van der Waals surface area (Å²) in [5, 5.41) is 13.0. The summed E-state index contributed by atoms with van der Waals surface area (Å²) in [5.74, 6) is -1.47. The molecule has 0 saturated carbocycles. The standard InChI is InChI=1S/C14H11N3O3S/c1-7-10(14(19)20)13(21-17-7)16-12(18)9-4-2-3-8-5-6-15-11(8)9/h2-6,15H,1H3,(H,16,18)(H,19,20). The molecular weight excluding hydrogens is 290 g/mol. The lowest BCUT2D eigenvalue weighted by molar-refractivity contribution is 0.0697. The molecule has 0 aliphatic carbocycles. The van der Waals surface area contributed by atoms with Crippen molar-refractivity contribution in [3.8, 4) is 0 Å². The summed E-state index contributed by atoms with van der Waals surface area (Å²) in [5.41, 5.74) is 1.60. The molecule has 3 rings (SSSR count). The molecule has 0 bridgehead atoms. The first-order valence-corrected chi connectivity index (χ1v) is 6.92. The van der Waals surface area contributed by atoms with E-state index in [4.69, 9.17) is 5.11 Å². The number of carbonyl (C=O) groups is 2. The molecule has 6 nitrogen and oxygen atoms in total. The number of rotatable bonds is 3. The van der Waals surface area contributed by atoms with Crippen LogP contribution in [0.25, 0.3) is 10.9 Å². The Morgan fingerprint density at radius 2 is 2.14 bits per heavy atom. The van der Waals surface area contributed by atoms with Gasteiger partial charge in [0.1, 0.15) is 10.6 Å². The van der Waals surface area contributed by atoms with Crippen molar-refractivity contribution in [2.45, 2.75) is 6.92 Å². The maximum Gasteiger partial charge on any atom is 0.340 e. The van der Waals surface area contributed by atoms with Gasteiger partial charge in [-0.3, -0.25) is 4.79 Å². The second-order valence-corrected chi connectivity index (χ2v) is 5.25. The summed E-state index contributed by atoms with van der Waals surface area (Å²) in [4.78, 5) is 26.6. The van der Waals surface area contributed by atoms with Gasteiger partial charge in [0.15, 0.2) is 0 Å². The summed E-state index contributed by atoms with van der Waals surface area (Å²) in [6.07, 6.45) is 1.75. The SMILES string of the molecule is Cc1nsc(NC(=O)c2cccc3cc[nH]c23)c1C(=O)O. The monoisotopic (exact) mass is 301 g/mol. The number of para-hydroxylation sites is 1. The Hall–Kier alpha value is -2.67. The maximum atomic E-state index is 12.4. The van der Waals surface area contributed by atoms with E-state index in [9.17, 15) is 9.59 Å². The van der Waals surface area contributed by atoms with Gasteiger partial charge >= 0.3 is 5.97 Å². The van der Waals surface area contributed by atoms with E-state index in [0.717, 1.165) is 16.9 Å². The number of nitrogens with zero attached hydrogens (tertiary/aromatic N) is 1. The molecule has 0 unspecified atom stereocenters. The Labute approximate surface area is 123 Å². The molecule has 1 amide bonds. The molecule has 0 spiro atoms. The second kappa shape index (κ2) is 5.02. The normalized spacial score (nSPS) is 10.7. The molecule has 7 heteroatoms. The van der Waals surface area contributed by atoms with Crippen molar-refractivity contribution >= 4 is 39.3 Å². The number of amides is 1. The van der Waals surface area contributed by atoms with E-state index in [1.807, 2.05) is 12.1 Å². The van der Waals surface area contributed by atoms with Gasteiger partial charge in [0.25, 0.3) is 5.91 Å². The van der Waals surface area contributed by atoms with Crippen molar-refractivity contribution in [2.24, 2.45) is 0 Å². The molecule has 0 fully saturated rings. The van der Waals surface area contributed by atoms with E-state index < -0.39 is 5.97 Å². The molecule has 0 aliphatic heterocycles. The summed E-state index contributed by atoms with van der Waals surface area (Å²) in [6, 6.07) is 7.22. The lowest BCUT2D eigenvalue weighted by atomic mass is 10.1. The smallest absolute Gasteiger partial charge is 0.340 e. The number of hydrogen-bond donors (Lipinski definition) is 3. The third-order valence-electron chi connectivity index (χ3n) is 3.14. The lowest BCUT2D eigenvalue weighted by Crippen LogP contribution is -2.14. The van der Waals surface area contributed by atoms with Crippen molar-refractivity contribution in [3.63, 3.8) is 0 Å². The number of aryl methyl sites for hydroxylation is 1. The van der Waals surface area contributed by atoms with Crippen LogP contribution in [0.15, 0.2) is 30.5 Å². The summed E-state index contributed by atoms with van der Waals surface area (Å²) in [6.45, 7) is 1.60. The predicted molar refractivity (Wildman–Crippen MR) is 80.1 cm³/mol. The van der Waals surface area contributed by atoms with E-state index in [0.29, 0.717) is 16.8 Å². The first-order valence-electron chi connectivity index (χ1n) is 6.15. The Bertz CT molecular complexity index is 850. The number of fused-ring (bicyclic) bond motifs is 1. The third-order valence-corrected chi connectivity index (χ3v) is 3.99. The topological polar surface area (TPSA) is 95.1 Å². The first-order chi connectivity index (χ1) is 10.1. The predicted octanol–water partition coefficient (Wildman–Crippen LogP) is 2.88. The first kappa shape index (κ1) is 13.3. The zero-order valence-electron chi connectivity index (χ0n) is 11.0. The Morgan fingerprint density at radius 1 is 1.33 bits per heavy atom. The molecule has 0 aliphatic rings. The molecular formula is C14H11N3O3S. The van der Waals surface area contributed by atoms with Crippen LogP contribution in [0.5, 0.6) is 0 Å². The van der Waals surface area contributed by atoms with E-state index in [-0.39, 0.29) is 16.5 Å². The molecule has 0 radical (unpaired) electrons. The van der Waals surface area contributed by atoms with Crippen LogP contribution >= 0.6 is 11.5 Å². The van der Waals surface area contributed by atoms with Crippen LogP contribution in [0, 0.1) is 6.92 Å². The van der Waals surface area contributed by atoms with Gasteiger partial charge in [-0.05, 0) is 30.6 Å². The number of carboxylic acid groups (broad SMARTS) is 1. The van der Waals surface area contributed by atoms with Crippen LogP contribution in [-0.2, 0) is 0 Å². The van der Waals surface area contributed by atoms with E-state index in [2.05, 4.69) is 14.7 Å². The van der Waals surface area contributed by atoms with Crippen LogP contribution in [-0.4, -0.2) is 26.3 Å². The van der Waals surface area contributed by atoms with Crippen LogP contribution in [0.4, 0.5) is 5.00 Å². The number of hydrogen-bond acceptors (Lipinski definition) is 4. The molecule has 2 aromatic heterocycles. The minimum absolute atomic E-state index is 0.0343. The number of aromatic amines is 1. The average molecular weight is 301 g/mol. The zero-order valence-corrected chi connectivity index (χ0v) is 11.8. The van der Waals surface area contributed by atoms with Gasteiger partial charge in [0.2, 0.25) is 0 Å². The average Bonchev–Trinajstić information content (AvgIpc) is 3.04. The molecule has 1 aromatic carbocycles. The third kappa shape index (κ3) is 2.27. The lowest BCUT2D eigenvalue weighted by Gasteiger charge is -2.05.